The Morgan fingerprint density at radius 3 is 1.27 bits per heavy atom. The van der Waals surface area contributed by atoms with Crippen LogP contribution in [0.15, 0.2) is 0 Å². The number of unbranched alkanes of at least 4 members (excludes halogenated alkanes) is 11. The lowest BCUT2D eigenvalue weighted by Gasteiger charge is -2.14. The fourth-order valence-corrected chi connectivity index (χ4v) is 3.94. The van der Waals surface area contributed by atoms with Gasteiger partial charge in [0.05, 0.1) is 5.25 Å². The molecule has 0 aliphatic heterocycles. The highest BCUT2D eigenvalue weighted by atomic mass is 32.2. The van der Waals surface area contributed by atoms with Crippen molar-refractivity contribution in [2.75, 3.05) is 0 Å². The maximum atomic E-state index is 11.7. The van der Waals surface area contributed by atoms with Gasteiger partial charge in [-0.3, -0.25) is 0 Å². The Kier molecular flexibility index (Phi) is 14.4. The van der Waals surface area contributed by atoms with Gasteiger partial charge in [0.15, 0.2) is 0 Å². The molecule has 0 aromatic heterocycles. The smallest absolute Gasteiger partial charge is 0.211 e. The molecule has 4 heteroatoms. The van der Waals surface area contributed by atoms with Gasteiger partial charge in [0.25, 0.3) is 0 Å². The van der Waals surface area contributed by atoms with E-state index in [1.54, 1.807) is 0 Å². The molecule has 0 rings (SSSR count). The van der Waals surface area contributed by atoms with Gasteiger partial charge >= 0.3 is 0 Å². The first-order valence-electron chi connectivity index (χ1n) is 9.54. The lowest BCUT2D eigenvalue weighted by Crippen LogP contribution is -2.28. The molecule has 0 saturated carbocycles. The van der Waals surface area contributed by atoms with E-state index >= 15 is 0 Å². The first-order chi connectivity index (χ1) is 10.5. The van der Waals surface area contributed by atoms with Crippen LogP contribution in [-0.2, 0) is 10.0 Å². The van der Waals surface area contributed by atoms with E-state index in [9.17, 15) is 8.42 Å². The van der Waals surface area contributed by atoms with Crippen molar-refractivity contribution >= 4 is 10.0 Å². The fraction of sp³-hybridized carbons (Fsp3) is 1.00. The summed E-state index contributed by atoms with van der Waals surface area (Å²) < 4.78 is 23.3. The Labute approximate surface area is 139 Å². The van der Waals surface area contributed by atoms with Crippen molar-refractivity contribution in [1.29, 1.82) is 0 Å². The van der Waals surface area contributed by atoms with Gasteiger partial charge in [-0.25, -0.2) is 13.6 Å². The van der Waals surface area contributed by atoms with E-state index < -0.39 is 10.0 Å². The van der Waals surface area contributed by atoms with Crippen molar-refractivity contribution in [2.24, 2.45) is 5.14 Å². The van der Waals surface area contributed by atoms with E-state index in [-0.39, 0.29) is 5.25 Å². The van der Waals surface area contributed by atoms with Gasteiger partial charge in [0, 0.05) is 0 Å². The SMILES string of the molecule is CCCCCCCCCCC(CCCCCCC)S(N)(=O)=O. The minimum absolute atomic E-state index is 0.311. The zero-order valence-corrected chi connectivity index (χ0v) is 15.8. The van der Waals surface area contributed by atoms with Gasteiger partial charge in [-0.05, 0) is 12.8 Å². The molecule has 0 aliphatic rings. The number of sulfonamides is 1. The molecule has 2 N–H and O–H groups in total. The van der Waals surface area contributed by atoms with Crippen LogP contribution in [0.25, 0.3) is 0 Å². The van der Waals surface area contributed by atoms with E-state index in [2.05, 4.69) is 13.8 Å². The van der Waals surface area contributed by atoms with Crippen LogP contribution in [0.1, 0.15) is 110 Å². The van der Waals surface area contributed by atoms with Crippen LogP contribution in [0.2, 0.25) is 0 Å². The van der Waals surface area contributed by atoms with Crippen molar-refractivity contribution in [3.8, 4) is 0 Å². The molecule has 0 spiro atoms. The molecule has 0 fully saturated rings. The second-order valence-electron chi connectivity index (χ2n) is 6.68. The highest BCUT2D eigenvalue weighted by Gasteiger charge is 2.20. The molecule has 0 saturated heterocycles. The summed E-state index contributed by atoms with van der Waals surface area (Å²) >= 11 is 0. The van der Waals surface area contributed by atoms with Crippen LogP contribution < -0.4 is 5.14 Å². The monoisotopic (exact) mass is 333 g/mol. The first-order valence-corrected chi connectivity index (χ1v) is 11.1. The van der Waals surface area contributed by atoms with Crippen LogP contribution >= 0.6 is 0 Å². The Hall–Kier alpha value is -0.0900. The summed E-state index contributed by atoms with van der Waals surface area (Å²) in [6.45, 7) is 4.42. The Morgan fingerprint density at radius 1 is 0.636 bits per heavy atom. The number of rotatable bonds is 16. The second kappa shape index (κ2) is 14.5. The van der Waals surface area contributed by atoms with Crippen LogP contribution in [0, 0.1) is 0 Å². The summed E-state index contributed by atoms with van der Waals surface area (Å²) in [4.78, 5) is 0. The highest BCUT2D eigenvalue weighted by Crippen LogP contribution is 2.18. The summed E-state index contributed by atoms with van der Waals surface area (Å²) in [5, 5.41) is 5.08. The number of hydrogen-bond donors (Lipinski definition) is 1. The van der Waals surface area contributed by atoms with E-state index in [4.69, 9.17) is 5.14 Å². The molecule has 0 aromatic carbocycles. The molecular weight excluding hydrogens is 294 g/mol. The van der Waals surface area contributed by atoms with Crippen LogP contribution in [0.5, 0.6) is 0 Å². The molecule has 1 unspecified atom stereocenters. The number of primary sulfonamides is 1. The van der Waals surface area contributed by atoms with Gasteiger partial charge in [-0.1, -0.05) is 97.3 Å². The summed E-state index contributed by atoms with van der Waals surface area (Å²) in [6.07, 6.45) is 17.3. The summed E-state index contributed by atoms with van der Waals surface area (Å²) in [5.74, 6) is 0. The van der Waals surface area contributed by atoms with Gasteiger partial charge < -0.3 is 0 Å². The molecule has 0 amide bonds. The highest BCUT2D eigenvalue weighted by molar-refractivity contribution is 7.89. The fourth-order valence-electron chi connectivity index (χ4n) is 2.95. The zero-order valence-electron chi connectivity index (χ0n) is 15.0. The predicted octanol–water partition coefficient (Wildman–Crippen LogP) is 5.53. The Morgan fingerprint density at radius 2 is 0.955 bits per heavy atom. The van der Waals surface area contributed by atoms with E-state index in [0.29, 0.717) is 0 Å². The van der Waals surface area contributed by atoms with Gasteiger partial charge in [0.1, 0.15) is 0 Å². The zero-order chi connectivity index (χ0) is 16.7. The molecule has 0 radical (unpaired) electrons. The summed E-state index contributed by atoms with van der Waals surface area (Å²) in [7, 11) is -3.36. The summed E-state index contributed by atoms with van der Waals surface area (Å²) in [6, 6.07) is 0. The minimum atomic E-state index is -3.36. The van der Waals surface area contributed by atoms with Crippen LogP contribution in [0.4, 0.5) is 0 Å². The first kappa shape index (κ1) is 21.9. The van der Waals surface area contributed by atoms with E-state index in [1.807, 2.05) is 0 Å². The average Bonchev–Trinajstić information content (AvgIpc) is 2.46. The molecular formula is C18H39NO2S. The van der Waals surface area contributed by atoms with Crippen molar-refractivity contribution in [2.45, 2.75) is 115 Å². The standard InChI is InChI=1S/C18H39NO2S/c1-3-5-7-9-10-11-13-15-17-18(22(19,20)21)16-14-12-8-6-4-2/h18H,3-17H2,1-2H3,(H2,19,20,21). The van der Waals surface area contributed by atoms with Gasteiger partial charge in [0.2, 0.25) is 10.0 Å². The molecule has 3 nitrogen and oxygen atoms in total. The average molecular weight is 334 g/mol. The Balaban J connectivity index is 3.73. The maximum Gasteiger partial charge on any atom is 0.211 e. The number of hydrogen-bond acceptors (Lipinski definition) is 2. The normalized spacial score (nSPS) is 13.4. The Bertz CT molecular complexity index is 328. The third-order valence-corrected chi connectivity index (χ3v) is 5.87. The largest absolute Gasteiger partial charge is 0.228 e. The molecule has 22 heavy (non-hydrogen) atoms. The van der Waals surface area contributed by atoms with Crippen LogP contribution in [-0.4, -0.2) is 13.7 Å². The van der Waals surface area contributed by atoms with Crippen molar-refractivity contribution in [1.82, 2.24) is 0 Å². The lowest BCUT2D eigenvalue weighted by atomic mass is 10.0. The topological polar surface area (TPSA) is 60.2 Å². The summed E-state index contributed by atoms with van der Waals surface area (Å²) in [5.41, 5.74) is 0. The van der Waals surface area contributed by atoms with Gasteiger partial charge in [-0.2, -0.15) is 0 Å². The quantitative estimate of drug-likeness (QED) is 0.377. The van der Waals surface area contributed by atoms with E-state index in [1.165, 1.54) is 57.8 Å². The third kappa shape index (κ3) is 13.6. The molecule has 0 aromatic rings. The second-order valence-corrected chi connectivity index (χ2v) is 8.52. The lowest BCUT2D eigenvalue weighted by molar-refractivity contribution is 0.512. The molecule has 1 atom stereocenters. The molecule has 0 aliphatic carbocycles. The van der Waals surface area contributed by atoms with Crippen molar-refractivity contribution in [3.63, 3.8) is 0 Å². The molecule has 0 heterocycles. The van der Waals surface area contributed by atoms with Gasteiger partial charge in [-0.15, -0.1) is 0 Å². The number of nitrogens with two attached hydrogens (primary N) is 1. The van der Waals surface area contributed by atoms with Crippen molar-refractivity contribution < 1.29 is 8.42 Å². The molecule has 0 bridgehead atoms. The van der Waals surface area contributed by atoms with Crippen LogP contribution in [0.3, 0.4) is 0 Å². The maximum absolute atomic E-state index is 11.7. The molecule has 134 valence electrons. The van der Waals surface area contributed by atoms with E-state index in [0.717, 1.165) is 38.5 Å². The minimum Gasteiger partial charge on any atom is -0.228 e. The van der Waals surface area contributed by atoms with Crippen molar-refractivity contribution in [3.05, 3.63) is 0 Å². The predicted molar refractivity (Wildman–Crippen MR) is 97.5 cm³/mol. The third-order valence-electron chi connectivity index (χ3n) is 4.47.